The van der Waals surface area contributed by atoms with Crippen molar-refractivity contribution in [3.63, 3.8) is 0 Å². The van der Waals surface area contributed by atoms with E-state index in [4.69, 9.17) is 4.74 Å². The summed E-state index contributed by atoms with van der Waals surface area (Å²) in [6.07, 6.45) is 0.622. The minimum absolute atomic E-state index is 0.174. The second kappa shape index (κ2) is 9.40. The maximum absolute atomic E-state index is 13.0. The monoisotopic (exact) mass is 451 g/mol. The molecule has 11 heteroatoms. The van der Waals surface area contributed by atoms with Gasteiger partial charge in [0, 0.05) is 31.1 Å². The lowest BCUT2D eigenvalue weighted by atomic mass is 9.97. The highest BCUT2D eigenvalue weighted by Crippen LogP contribution is 2.30. The summed E-state index contributed by atoms with van der Waals surface area (Å²) in [6, 6.07) is 9.18. The second-order valence-corrected chi connectivity index (χ2v) is 9.16. The van der Waals surface area contributed by atoms with Gasteiger partial charge in [-0.3, -0.25) is 14.9 Å². The van der Waals surface area contributed by atoms with E-state index in [2.05, 4.69) is 5.32 Å². The number of anilines is 1. The van der Waals surface area contributed by atoms with Crippen molar-refractivity contribution in [1.29, 1.82) is 0 Å². The quantitative estimate of drug-likeness (QED) is 0.511. The van der Waals surface area contributed by atoms with Gasteiger partial charge in [0.05, 0.1) is 23.5 Å². The topological polar surface area (TPSA) is 119 Å². The lowest BCUT2D eigenvalue weighted by Crippen LogP contribution is -2.41. The van der Waals surface area contributed by atoms with Crippen molar-refractivity contribution in [2.75, 3.05) is 25.5 Å². The number of nitrogens with one attached hydrogen (secondary N) is 1. The van der Waals surface area contributed by atoms with Gasteiger partial charge in [0.25, 0.3) is 5.69 Å². The zero-order valence-corrected chi connectivity index (χ0v) is 17.6. The molecule has 0 aliphatic carbocycles. The number of nitro benzene ring substituents is 1. The highest BCUT2D eigenvalue weighted by atomic mass is 32.2. The number of hydrogen-bond donors (Lipinski definition) is 1. The Labute approximate surface area is 179 Å². The van der Waals surface area contributed by atoms with Gasteiger partial charge >= 0.3 is 0 Å². The Morgan fingerprint density at radius 1 is 1.23 bits per heavy atom. The van der Waals surface area contributed by atoms with Crippen molar-refractivity contribution >= 4 is 27.3 Å². The van der Waals surface area contributed by atoms with Crippen molar-refractivity contribution in [2.45, 2.75) is 18.6 Å². The van der Waals surface area contributed by atoms with E-state index in [0.29, 0.717) is 24.2 Å². The molecule has 2 aromatic carbocycles. The SMILES string of the molecule is COc1ccc([N+](=O)[O-])cc1NC(=O)C1CCN(S(=O)(=O)Cc2ccc(F)cc2)CC1. The van der Waals surface area contributed by atoms with Gasteiger partial charge in [0.1, 0.15) is 11.6 Å². The molecule has 1 aliphatic heterocycles. The Balaban J connectivity index is 1.61. The van der Waals surface area contributed by atoms with Crippen LogP contribution in [-0.4, -0.2) is 43.8 Å². The molecule has 166 valence electrons. The molecule has 0 aromatic heterocycles. The first-order chi connectivity index (χ1) is 14.7. The number of nitrogens with zero attached hydrogens (tertiary/aromatic N) is 2. The third-order valence-electron chi connectivity index (χ3n) is 5.13. The number of sulfonamides is 1. The molecular weight excluding hydrogens is 429 g/mol. The van der Waals surface area contributed by atoms with E-state index < -0.39 is 26.7 Å². The van der Waals surface area contributed by atoms with Crippen LogP contribution < -0.4 is 10.1 Å². The van der Waals surface area contributed by atoms with Crippen LogP contribution in [0.4, 0.5) is 15.8 Å². The van der Waals surface area contributed by atoms with E-state index in [1.165, 1.54) is 53.9 Å². The number of halogens is 1. The minimum atomic E-state index is -3.60. The second-order valence-electron chi connectivity index (χ2n) is 7.19. The summed E-state index contributed by atoms with van der Waals surface area (Å²) in [5, 5.41) is 13.6. The molecule has 0 radical (unpaired) electrons. The summed E-state index contributed by atoms with van der Waals surface area (Å²) in [5.74, 6) is -1.18. The highest BCUT2D eigenvalue weighted by molar-refractivity contribution is 7.88. The van der Waals surface area contributed by atoms with Crippen LogP contribution in [0.3, 0.4) is 0 Å². The zero-order chi connectivity index (χ0) is 22.6. The molecule has 1 amide bonds. The smallest absolute Gasteiger partial charge is 0.271 e. The van der Waals surface area contributed by atoms with Gasteiger partial charge in [0.2, 0.25) is 15.9 Å². The molecule has 1 saturated heterocycles. The molecule has 31 heavy (non-hydrogen) atoms. The molecule has 2 aromatic rings. The number of benzene rings is 2. The summed E-state index contributed by atoms with van der Waals surface area (Å²) in [7, 11) is -2.21. The van der Waals surface area contributed by atoms with Gasteiger partial charge in [-0.2, -0.15) is 0 Å². The van der Waals surface area contributed by atoms with Crippen molar-refractivity contribution in [3.05, 3.63) is 64.0 Å². The first kappa shape index (κ1) is 22.6. The van der Waals surface area contributed by atoms with E-state index in [1.807, 2.05) is 0 Å². The molecular formula is C20H22FN3O6S. The highest BCUT2D eigenvalue weighted by Gasteiger charge is 2.31. The minimum Gasteiger partial charge on any atom is -0.495 e. The molecule has 0 saturated carbocycles. The normalized spacial score (nSPS) is 15.4. The molecule has 1 N–H and O–H groups in total. The molecule has 1 fully saturated rings. The van der Waals surface area contributed by atoms with Crippen molar-refractivity contribution in [2.24, 2.45) is 5.92 Å². The van der Waals surface area contributed by atoms with Crippen LogP contribution in [0.2, 0.25) is 0 Å². The van der Waals surface area contributed by atoms with E-state index in [1.54, 1.807) is 0 Å². The van der Waals surface area contributed by atoms with Gasteiger partial charge < -0.3 is 10.1 Å². The van der Waals surface area contributed by atoms with Crippen LogP contribution in [0.1, 0.15) is 18.4 Å². The maximum Gasteiger partial charge on any atom is 0.271 e. The first-order valence-corrected chi connectivity index (χ1v) is 11.2. The molecule has 3 rings (SSSR count). The summed E-state index contributed by atoms with van der Waals surface area (Å²) < 4.78 is 44.8. The zero-order valence-electron chi connectivity index (χ0n) is 16.8. The van der Waals surface area contributed by atoms with Crippen LogP contribution >= 0.6 is 0 Å². The third-order valence-corrected chi connectivity index (χ3v) is 6.98. The molecule has 0 unspecified atom stereocenters. The van der Waals surface area contributed by atoms with Crippen LogP contribution in [0.25, 0.3) is 0 Å². The van der Waals surface area contributed by atoms with Gasteiger partial charge in [-0.05, 0) is 36.6 Å². The van der Waals surface area contributed by atoms with E-state index in [0.717, 1.165) is 0 Å². The fourth-order valence-electron chi connectivity index (χ4n) is 3.42. The van der Waals surface area contributed by atoms with Crippen LogP contribution in [0.5, 0.6) is 5.75 Å². The number of carbonyl (C=O) groups is 1. The average molecular weight is 451 g/mol. The van der Waals surface area contributed by atoms with Gasteiger partial charge in [-0.1, -0.05) is 12.1 Å². The molecule has 9 nitrogen and oxygen atoms in total. The number of piperidine rings is 1. The molecule has 0 bridgehead atoms. The summed E-state index contributed by atoms with van der Waals surface area (Å²) >= 11 is 0. The lowest BCUT2D eigenvalue weighted by molar-refractivity contribution is -0.384. The molecule has 1 heterocycles. The number of nitro groups is 1. The fourth-order valence-corrected chi connectivity index (χ4v) is 4.98. The van der Waals surface area contributed by atoms with Crippen LogP contribution in [0.15, 0.2) is 42.5 Å². The number of carbonyl (C=O) groups excluding carboxylic acids is 1. The predicted molar refractivity (Wildman–Crippen MR) is 112 cm³/mol. The summed E-state index contributed by atoms with van der Waals surface area (Å²) in [4.78, 5) is 23.1. The molecule has 0 atom stereocenters. The standard InChI is InChI=1S/C20H22FN3O6S/c1-30-19-7-6-17(24(26)27)12-18(19)22-20(25)15-8-10-23(11-9-15)31(28,29)13-14-2-4-16(21)5-3-14/h2-7,12,15H,8-11,13H2,1H3,(H,22,25). The number of rotatable bonds is 7. The van der Waals surface area contributed by atoms with Gasteiger partial charge in [-0.25, -0.2) is 17.1 Å². The predicted octanol–water partition coefficient (Wildman–Crippen LogP) is 2.92. The number of methoxy groups -OCH3 is 1. The fraction of sp³-hybridized carbons (Fsp3) is 0.350. The van der Waals surface area contributed by atoms with Crippen molar-refractivity contribution in [1.82, 2.24) is 4.31 Å². The number of non-ortho nitro benzene ring substituents is 1. The van der Waals surface area contributed by atoms with Crippen molar-refractivity contribution < 1.29 is 27.3 Å². The van der Waals surface area contributed by atoms with Crippen molar-refractivity contribution in [3.8, 4) is 5.75 Å². The van der Waals surface area contributed by atoms with E-state index in [9.17, 15) is 27.7 Å². The Kier molecular flexibility index (Phi) is 6.86. The van der Waals surface area contributed by atoms with E-state index in [-0.39, 0.29) is 36.1 Å². The van der Waals surface area contributed by atoms with E-state index >= 15 is 0 Å². The van der Waals surface area contributed by atoms with Crippen LogP contribution in [-0.2, 0) is 20.6 Å². The maximum atomic E-state index is 13.0. The summed E-state index contributed by atoms with van der Waals surface area (Å²) in [5.41, 5.74) is 0.491. The first-order valence-electron chi connectivity index (χ1n) is 9.55. The lowest BCUT2D eigenvalue weighted by Gasteiger charge is -2.30. The van der Waals surface area contributed by atoms with Gasteiger partial charge in [0.15, 0.2) is 0 Å². The largest absolute Gasteiger partial charge is 0.495 e. The third kappa shape index (κ3) is 5.56. The van der Waals surface area contributed by atoms with Gasteiger partial charge in [-0.15, -0.1) is 0 Å². The molecule has 0 spiro atoms. The number of hydrogen-bond acceptors (Lipinski definition) is 6. The molecule has 1 aliphatic rings. The Hall–Kier alpha value is -3.05. The average Bonchev–Trinajstić information content (AvgIpc) is 2.75. The van der Waals surface area contributed by atoms with Crippen LogP contribution in [0, 0.1) is 21.8 Å². The number of ether oxygens (including phenoxy) is 1. The Morgan fingerprint density at radius 2 is 1.87 bits per heavy atom. The Bertz CT molecular complexity index is 1070. The Morgan fingerprint density at radius 3 is 2.45 bits per heavy atom. The summed E-state index contributed by atoms with van der Waals surface area (Å²) in [6.45, 7) is 0.349. The number of amides is 1.